The van der Waals surface area contributed by atoms with Gasteiger partial charge in [-0.2, -0.15) is 13.2 Å². The molecule has 40 heavy (non-hydrogen) atoms. The van der Waals surface area contributed by atoms with Crippen molar-refractivity contribution in [1.82, 2.24) is 20.1 Å². The normalized spacial score (nSPS) is 27.7. The quantitative estimate of drug-likeness (QED) is 0.447. The number of anilines is 1. The van der Waals surface area contributed by atoms with Crippen LogP contribution in [0.2, 0.25) is 0 Å². The Bertz CT molecular complexity index is 1020. The van der Waals surface area contributed by atoms with Crippen molar-refractivity contribution in [2.24, 2.45) is 17.3 Å². The van der Waals surface area contributed by atoms with Crippen LogP contribution in [0.1, 0.15) is 70.8 Å². The molecule has 2 heterocycles. The van der Waals surface area contributed by atoms with E-state index in [2.05, 4.69) is 24.1 Å². The van der Waals surface area contributed by atoms with Crippen molar-refractivity contribution < 1.29 is 22.8 Å². The minimum Gasteiger partial charge on any atom is -0.353 e. The maximum Gasteiger partial charge on any atom is 0.416 e. The second-order valence-corrected chi connectivity index (χ2v) is 12.7. The summed E-state index contributed by atoms with van der Waals surface area (Å²) >= 11 is 0. The fourth-order valence-electron chi connectivity index (χ4n) is 7.09. The van der Waals surface area contributed by atoms with Gasteiger partial charge in [-0.05, 0) is 76.6 Å². The molecule has 0 spiro atoms. The Morgan fingerprint density at radius 3 is 2.52 bits per heavy atom. The molecule has 0 bridgehead atoms. The van der Waals surface area contributed by atoms with E-state index in [0.29, 0.717) is 62.7 Å². The van der Waals surface area contributed by atoms with Crippen LogP contribution in [0.15, 0.2) is 18.3 Å². The molecule has 7 nitrogen and oxygen atoms in total. The summed E-state index contributed by atoms with van der Waals surface area (Å²) in [6.45, 7) is 6.66. The number of alkyl halides is 3. The Labute approximate surface area is 236 Å². The van der Waals surface area contributed by atoms with E-state index in [9.17, 15) is 22.8 Å². The fourth-order valence-corrected chi connectivity index (χ4v) is 7.09. The molecule has 4 atom stereocenters. The minimum absolute atomic E-state index is 0.181. The number of rotatable bonds is 10. The molecular formula is C30H46F3N5O2. The highest BCUT2D eigenvalue weighted by Crippen LogP contribution is 2.47. The number of aromatic nitrogens is 1. The second-order valence-electron chi connectivity index (χ2n) is 12.7. The van der Waals surface area contributed by atoms with E-state index in [1.807, 2.05) is 28.8 Å². The molecule has 2 unspecified atom stereocenters. The summed E-state index contributed by atoms with van der Waals surface area (Å²) in [4.78, 5) is 36.1. The SMILES string of the molecule is CC(C)[C@]1(C(=O)N2CCN(c3cc(C(F)(F)F)ccn3)CC2)CC[C@@H](NC2CCCC2CCC(=O)CN(C)C)C1. The zero-order valence-corrected chi connectivity index (χ0v) is 24.5. The van der Waals surface area contributed by atoms with Gasteiger partial charge in [0.25, 0.3) is 0 Å². The van der Waals surface area contributed by atoms with Crippen LogP contribution in [0.4, 0.5) is 19.0 Å². The van der Waals surface area contributed by atoms with Crippen molar-refractivity contribution in [3.63, 3.8) is 0 Å². The van der Waals surface area contributed by atoms with Gasteiger partial charge in [0, 0.05) is 50.9 Å². The minimum atomic E-state index is -4.41. The number of nitrogens with zero attached hydrogens (tertiary/aromatic N) is 4. The first kappa shape index (κ1) is 30.8. The molecule has 3 aliphatic rings. The molecule has 1 N–H and O–H groups in total. The van der Waals surface area contributed by atoms with Gasteiger partial charge in [0.15, 0.2) is 0 Å². The molecule has 1 aromatic heterocycles. The highest BCUT2D eigenvalue weighted by molar-refractivity contribution is 5.84. The van der Waals surface area contributed by atoms with Gasteiger partial charge in [-0.1, -0.05) is 20.3 Å². The number of Topliss-reactive ketones (excluding diaryl/α,β-unsaturated/α-hetero) is 1. The summed E-state index contributed by atoms with van der Waals surface area (Å²) in [6, 6.07) is 2.76. The number of nitrogens with one attached hydrogen (secondary N) is 1. The first-order chi connectivity index (χ1) is 18.9. The van der Waals surface area contributed by atoms with Gasteiger partial charge in [-0.25, -0.2) is 4.98 Å². The molecule has 10 heteroatoms. The van der Waals surface area contributed by atoms with Crippen LogP contribution in [-0.2, 0) is 15.8 Å². The number of amides is 1. The number of piperazine rings is 1. The van der Waals surface area contributed by atoms with Gasteiger partial charge in [0.2, 0.25) is 5.91 Å². The molecule has 4 rings (SSSR count). The summed E-state index contributed by atoms with van der Waals surface area (Å²) in [6.07, 6.45) is 4.41. The summed E-state index contributed by atoms with van der Waals surface area (Å²) in [5, 5.41) is 3.90. The lowest BCUT2D eigenvalue weighted by atomic mass is 9.74. The van der Waals surface area contributed by atoms with Crippen LogP contribution in [0.3, 0.4) is 0 Å². The topological polar surface area (TPSA) is 68.8 Å². The smallest absolute Gasteiger partial charge is 0.353 e. The summed E-state index contributed by atoms with van der Waals surface area (Å²) in [5.74, 6) is 1.48. The lowest BCUT2D eigenvalue weighted by molar-refractivity contribution is -0.145. The number of likely N-dealkylation sites (N-methyl/N-ethyl adjacent to an activating group) is 1. The van der Waals surface area contributed by atoms with Crippen LogP contribution in [-0.4, -0.2) is 85.4 Å². The monoisotopic (exact) mass is 565 g/mol. The van der Waals surface area contributed by atoms with Crippen LogP contribution in [0.25, 0.3) is 0 Å². The molecule has 0 radical (unpaired) electrons. The third kappa shape index (κ3) is 7.16. The van der Waals surface area contributed by atoms with Gasteiger partial charge in [-0.15, -0.1) is 0 Å². The van der Waals surface area contributed by atoms with E-state index in [0.717, 1.165) is 50.7 Å². The van der Waals surface area contributed by atoms with Gasteiger partial charge in [-0.3, -0.25) is 9.59 Å². The van der Waals surface area contributed by atoms with Gasteiger partial charge in [0.05, 0.1) is 17.5 Å². The summed E-state index contributed by atoms with van der Waals surface area (Å²) < 4.78 is 39.5. The number of hydrogen-bond donors (Lipinski definition) is 1. The maximum absolute atomic E-state index is 14.0. The number of ketones is 1. The van der Waals surface area contributed by atoms with Crippen LogP contribution >= 0.6 is 0 Å². The molecule has 0 aromatic carbocycles. The molecule has 3 fully saturated rings. The van der Waals surface area contributed by atoms with Crippen molar-refractivity contribution in [1.29, 1.82) is 0 Å². The summed E-state index contributed by atoms with van der Waals surface area (Å²) in [5.41, 5.74) is -1.13. The first-order valence-corrected chi connectivity index (χ1v) is 14.9. The fraction of sp³-hybridized carbons (Fsp3) is 0.767. The Balaban J connectivity index is 1.33. The Morgan fingerprint density at radius 2 is 1.88 bits per heavy atom. The van der Waals surface area contributed by atoms with Gasteiger partial charge in [0.1, 0.15) is 11.6 Å². The Hall–Kier alpha value is -2.20. The van der Waals surface area contributed by atoms with Crippen LogP contribution in [0.5, 0.6) is 0 Å². The molecule has 2 saturated carbocycles. The standard InChI is InChI=1S/C30H46F3N5O2/c1-21(2)29(12-10-24(19-29)35-26-7-5-6-22(26)8-9-25(39)20-36(3)4)28(40)38-16-14-37(15-17-38)27-18-23(11-13-34-27)30(31,32)33/h11,13,18,21-22,24,26,35H,5-10,12,14-17,19-20H2,1-4H3/t22?,24-,26?,29+/m1/s1. The van der Waals surface area contributed by atoms with Crippen molar-refractivity contribution >= 4 is 17.5 Å². The predicted octanol–water partition coefficient (Wildman–Crippen LogP) is 4.61. The lowest BCUT2D eigenvalue weighted by Gasteiger charge is -2.42. The Kier molecular flexibility index (Phi) is 9.81. The van der Waals surface area contributed by atoms with Crippen molar-refractivity contribution in [3.8, 4) is 0 Å². The van der Waals surface area contributed by atoms with E-state index in [1.54, 1.807) is 0 Å². The molecule has 1 aliphatic heterocycles. The molecule has 1 amide bonds. The Morgan fingerprint density at radius 1 is 1.15 bits per heavy atom. The molecule has 2 aliphatic carbocycles. The third-order valence-electron chi connectivity index (χ3n) is 9.44. The van der Waals surface area contributed by atoms with Gasteiger partial charge < -0.3 is 20.0 Å². The number of carbonyl (C=O) groups excluding carboxylic acids is 2. The third-order valence-corrected chi connectivity index (χ3v) is 9.44. The van der Waals surface area contributed by atoms with Crippen LogP contribution < -0.4 is 10.2 Å². The number of carbonyl (C=O) groups is 2. The largest absolute Gasteiger partial charge is 0.416 e. The average Bonchev–Trinajstić information content (AvgIpc) is 3.54. The van der Waals surface area contributed by atoms with E-state index >= 15 is 0 Å². The lowest BCUT2D eigenvalue weighted by Crippen LogP contribution is -2.54. The molecule has 1 saturated heterocycles. The molecule has 1 aromatic rings. The van der Waals surface area contributed by atoms with E-state index in [4.69, 9.17) is 0 Å². The zero-order valence-electron chi connectivity index (χ0n) is 24.5. The number of halogens is 3. The number of pyridine rings is 1. The van der Waals surface area contributed by atoms with Crippen molar-refractivity contribution in [3.05, 3.63) is 23.9 Å². The van der Waals surface area contributed by atoms with Crippen molar-refractivity contribution in [2.45, 2.75) is 83.5 Å². The first-order valence-electron chi connectivity index (χ1n) is 14.9. The highest BCUT2D eigenvalue weighted by atomic mass is 19.4. The van der Waals surface area contributed by atoms with E-state index in [-0.39, 0.29) is 17.9 Å². The maximum atomic E-state index is 14.0. The number of hydrogen-bond acceptors (Lipinski definition) is 6. The van der Waals surface area contributed by atoms with Crippen LogP contribution in [0, 0.1) is 17.3 Å². The summed E-state index contributed by atoms with van der Waals surface area (Å²) in [7, 11) is 3.85. The molecule has 224 valence electrons. The van der Waals surface area contributed by atoms with Crippen molar-refractivity contribution in [2.75, 3.05) is 51.7 Å². The second kappa shape index (κ2) is 12.8. The predicted molar refractivity (Wildman–Crippen MR) is 150 cm³/mol. The van der Waals surface area contributed by atoms with Gasteiger partial charge >= 0.3 is 6.18 Å². The molecular weight excluding hydrogens is 519 g/mol. The van der Waals surface area contributed by atoms with E-state index in [1.165, 1.54) is 12.6 Å². The van der Waals surface area contributed by atoms with E-state index < -0.39 is 17.2 Å². The average molecular weight is 566 g/mol. The zero-order chi connectivity index (χ0) is 29.1. The highest BCUT2D eigenvalue weighted by Gasteiger charge is 2.50.